The van der Waals surface area contributed by atoms with E-state index in [0.717, 1.165) is 22.3 Å². The van der Waals surface area contributed by atoms with Crippen LogP contribution in [0.1, 0.15) is 34.5 Å². The van der Waals surface area contributed by atoms with Crippen LogP contribution in [0.15, 0.2) is 67.0 Å². The molecule has 0 aliphatic heterocycles. The molecule has 1 heterocycles. The SMILES string of the molecule is Cc1ccc(C(N)=O)cc1OC(C)c1cncc(-c2ccccc2)c1. The van der Waals surface area contributed by atoms with E-state index in [1.165, 1.54) is 0 Å². The molecular weight excluding hydrogens is 312 g/mol. The molecule has 1 aromatic heterocycles. The van der Waals surface area contributed by atoms with Gasteiger partial charge in [-0.05, 0) is 43.2 Å². The Morgan fingerprint density at radius 2 is 1.80 bits per heavy atom. The van der Waals surface area contributed by atoms with Crippen molar-refractivity contribution in [2.75, 3.05) is 0 Å². The van der Waals surface area contributed by atoms with Gasteiger partial charge in [-0.3, -0.25) is 9.78 Å². The number of hydrogen-bond donors (Lipinski definition) is 1. The van der Waals surface area contributed by atoms with Gasteiger partial charge in [0.05, 0.1) is 0 Å². The quantitative estimate of drug-likeness (QED) is 0.758. The average molecular weight is 332 g/mol. The van der Waals surface area contributed by atoms with E-state index in [-0.39, 0.29) is 6.10 Å². The van der Waals surface area contributed by atoms with E-state index in [1.54, 1.807) is 18.3 Å². The number of rotatable bonds is 5. The molecule has 2 N–H and O–H groups in total. The van der Waals surface area contributed by atoms with Gasteiger partial charge < -0.3 is 10.5 Å². The number of primary amides is 1. The molecule has 0 aliphatic carbocycles. The normalized spacial score (nSPS) is 11.8. The first-order chi connectivity index (χ1) is 12.0. The van der Waals surface area contributed by atoms with Gasteiger partial charge in [-0.15, -0.1) is 0 Å². The van der Waals surface area contributed by atoms with Gasteiger partial charge in [0.2, 0.25) is 5.91 Å². The minimum absolute atomic E-state index is 0.210. The lowest BCUT2D eigenvalue weighted by atomic mass is 10.0. The van der Waals surface area contributed by atoms with Crippen LogP contribution in [0.4, 0.5) is 0 Å². The molecule has 1 unspecified atom stereocenters. The van der Waals surface area contributed by atoms with Crippen molar-refractivity contribution in [2.24, 2.45) is 5.73 Å². The highest BCUT2D eigenvalue weighted by molar-refractivity contribution is 5.93. The Balaban J connectivity index is 1.86. The van der Waals surface area contributed by atoms with Crippen LogP contribution in [0, 0.1) is 6.92 Å². The first-order valence-electron chi connectivity index (χ1n) is 8.12. The summed E-state index contributed by atoms with van der Waals surface area (Å²) in [7, 11) is 0. The molecule has 0 fully saturated rings. The van der Waals surface area contributed by atoms with E-state index in [0.29, 0.717) is 11.3 Å². The zero-order valence-electron chi connectivity index (χ0n) is 14.3. The average Bonchev–Trinajstić information content (AvgIpc) is 2.64. The third kappa shape index (κ3) is 3.86. The number of nitrogens with two attached hydrogens (primary N) is 1. The number of amides is 1. The minimum Gasteiger partial charge on any atom is -0.486 e. The van der Waals surface area contributed by atoms with E-state index >= 15 is 0 Å². The minimum atomic E-state index is -0.467. The van der Waals surface area contributed by atoms with E-state index in [9.17, 15) is 4.79 Å². The predicted molar refractivity (Wildman–Crippen MR) is 98.4 cm³/mol. The number of carbonyl (C=O) groups is 1. The maximum absolute atomic E-state index is 11.4. The summed E-state index contributed by atoms with van der Waals surface area (Å²) in [6.07, 6.45) is 3.42. The lowest BCUT2D eigenvalue weighted by molar-refractivity contribution is 0.0999. The molecule has 4 heteroatoms. The van der Waals surface area contributed by atoms with Crippen molar-refractivity contribution in [3.8, 4) is 16.9 Å². The van der Waals surface area contributed by atoms with Crippen LogP contribution in [-0.2, 0) is 0 Å². The maximum Gasteiger partial charge on any atom is 0.248 e. The predicted octanol–water partition coefficient (Wildman–Crippen LogP) is 4.30. The summed E-state index contributed by atoms with van der Waals surface area (Å²) in [5.41, 5.74) is 9.85. The van der Waals surface area contributed by atoms with Crippen molar-refractivity contribution in [1.29, 1.82) is 0 Å². The van der Waals surface area contributed by atoms with Crippen LogP contribution in [-0.4, -0.2) is 10.9 Å². The van der Waals surface area contributed by atoms with Crippen molar-refractivity contribution in [2.45, 2.75) is 20.0 Å². The molecule has 0 aliphatic rings. The fraction of sp³-hybridized carbons (Fsp3) is 0.143. The van der Waals surface area contributed by atoms with Crippen molar-refractivity contribution in [1.82, 2.24) is 4.98 Å². The van der Waals surface area contributed by atoms with Gasteiger partial charge in [-0.2, -0.15) is 0 Å². The molecule has 2 aromatic carbocycles. The van der Waals surface area contributed by atoms with Crippen LogP contribution in [0.2, 0.25) is 0 Å². The van der Waals surface area contributed by atoms with E-state index < -0.39 is 5.91 Å². The first kappa shape index (κ1) is 16.7. The van der Waals surface area contributed by atoms with Gasteiger partial charge >= 0.3 is 0 Å². The number of aromatic nitrogens is 1. The topological polar surface area (TPSA) is 65.2 Å². The summed E-state index contributed by atoms with van der Waals surface area (Å²) in [4.78, 5) is 15.7. The number of hydrogen-bond acceptors (Lipinski definition) is 3. The number of benzene rings is 2. The van der Waals surface area contributed by atoms with Crippen molar-refractivity contribution in [3.05, 3.63) is 83.7 Å². The molecule has 0 bridgehead atoms. The second kappa shape index (κ2) is 7.18. The zero-order chi connectivity index (χ0) is 17.8. The number of ether oxygens (including phenoxy) is 1. The summed E-state index contributed by atoms with van der Waals surface area (Å²) in [6, 6.07) is 17.4. The molecule has 1 atom stereocenters. The van der Waals surface area contributed by atoms with Crippen LogP contribution in [0.5, 0.6) is 5.75 Å². The highest BCUT2D eigenvalue weighted by Gasteiger charge is 2.12. The number of carbonyl (C=O) groups excluding carboxylic acids is 1. The van der Waals surface area contributed by atoms with E-state index in [2.05, 4.69) is 11.1 Å². The summed E-state index contributed by atoms with van der Waals surface area (Å²) in [5, 5.41) is 0. The number of nitrogens with zero attached hydrogens (tertiary/aromatic N) is 1. The molecule has 1 amide bonds. The van der Waals surface area contributed by atoms with Gasteiger partial charge in [0.15, 0.2) is 0 Å². The Bertz CT molecular complexity index is 891. The Hall–Kier alpha value is -3.14. The summed E-state index contributed by atoms with van der Waals surface area (Å²) in [6.45, 7) is 3.90. The largest absolute Gasteiger partial charge is 0.486 e. The standard InChI is InChI=1S/C21H20N2O2/c1-14-8-9-17(21(22)24)11-20(14)25-15(2)18-10-19(13-23-12-18)16-6-4-3-5-7-16/h3-13,15H,1-2H3,(H2,22,24). The van der Waals surface area contributed by atoms with Crippen LogP contribution in [0.25, 0.3) is 11.1 Å². The monoisotopic (exact) mass is 332 g/mol. The summed E-state index contributed by atoms with van der Waals surface area (Å²) in [5.74, 6) is 0.180. The van der Waals surface area contributed by atoms with Crippen molar-refractivity contribution < 1.29 is 9.53 Å². The molecule has 4 nitrogen and oxygen atoms in total. The van der Waals surface area contributed by atoms with Crippen LogP contribution in [0.3, 0.4) is 0 Å². The highest BCUT2D eigenvalue weighted by atomic mass is 16.5. The Kier molecular flexibility index (Phi) is 4.80. The van der Waals surface area contributed by atoms with Gasteiger partial charge in [0.25, 0.3) is 0 Å². The van der Waals surface area contributed by atoms with Gasteiger partial charge in [0, 0.05) is 29.1 Å². The lowest BCUT2D eigenvalue weighted by Crippen LogP contribution is -2.12. The zero-order valence-corrected chi connectivity index (χ0v) is 14.3. The molecule has 3 rings (SSSR count). The molecule has 25 heavy (non-hydrogen) atoms. The summed E-state index contributed by atoms with van der Waals surface area (Å²) < 4.78 is 6.07. The third-order valence-corrected chi connectivity index (χ3v) is 4.11. The molecule has 0 saturated heterocycles. The smallest absolute Gasteiger partial charge is 0.248 e. The fourth-order valence-corrected chi connectivity index (χ4v) is 2.61. The van der Waals surface area contributed by atoms with Crippen molar-refractivity contribution >= 4 is 5.91 Å². The van der Waals surface area contributed by atoms with Gasteiger partial charge in [0.1, 0.15) is 11.9 Å². The fourth-order valence-electron chi connectivity index (χ4n) is 2.61. The molecule has 126 valence electrons. The first-order valence-corrected chi connectivity index (χ1v) is 8.12. The Labute approximate surface area is 147 Å². The Morgan fingerprint density at radius 1 is 1.04 bits per heavy atom. The van der Waals surface area contributed by atoms with Gasteiger partial charge in [-0.1, -0.05) is 36.4 Å². The van der Waals surface area contributed by atoms with Crippen molar-refractivity contribution in [3.63, 3.8) is 0 Å². The van der Waals surface area contributed by atoms with Crippen LogP contribution < -0.4 is 10.5 Å². The van der Waals surface area contributed by atoms with E-state index in [4.69, 9.17) is 10.5 Å². The molecular formula is C21H20N2O2. The second-order valence-corrected chi connectivity index (χ2v) is 5.98. The number of pyridine rings is 1. The molecule has 0 spiro atoms. The molecule has 0 saturated carbocycles. The molecule has 0 radical (unpaired) electrons. The maximum atomic E-state index is 11.4. The summed E-state index contributed by atoms with van der Waals surface area (Å²) >= 11 is 0. The van der Waals surface area contributed by atoms with E-state index in [1.807, 2.05) is 56.4 Å². The second-order valence-electron chi connectivity index (χ2n) is 5.98. The number of aryl methyl sites for hydroxylation is 1. The van der Waals surface area contributed by atoms with Crippen LogP contribution >= 0.6 is 0 Å². The Morgan fingerprint density at radius 3 is 2.52 bits per heavy atom. The molecule has 3 aromatic rings. The van der Waals surface area contributed by atoms with Gasteiger partial charge in [-0.25, -0.2) is 0 Å². The lowest BCUT2D eigenvalue weighted by Gasteiger charge is -2.17. The highest BCUT2D eigenvalue weighted by Crippen LogP contribution is 2.28. The third-order valence-electron chi connectivity index (χ3n) is 4.11.